The maximum atomic E-state index is 8.58. The highest BCUT2D eigenvalue weighted by Gasteiger charge is 1.84. The third-order valence-electron chi connectivity index (χ3n) is 1.36. The average Bonchev–Trinajstić information content (AvgIpc) is 2.07. The van der Waals surface area contributed by atoms with Crippen LogP contribution in [-0.4, -0.2) is 6.41 Å². The van der Waals surface area contributed by atoms with E-state index in [-0.39, 0.29) is 6.41 Å². The van der Waals surface area contributed by atoms with Gasteiger partial charge < -0.3 is 11.5 Å². The predicted octanol–water partition coefficient (Wildman–Crippen LogP) is 0.555. The van der Waals surface area contributed by atoms with E-state index < -0.39 is 0 Å². The normalized spacial score (nSPS) is 8.17. The molecule has 0 fully saturated rings. The van der Waals surface area contributed by atoms with Crippen molar-refractivity contribution in [1.29, 1.82) is 0 Å². The zero-order valence-electron chi connectivity index (χ0n) is 7.16. The monoisotopic (exact) mass is 166 g/mol. The van der Waals surface area contributed by atoms with Crippen LogP contribution < -0.4 is 11.5 Å². The Morgan fingerprint density at radius 2 is 1.75 bits per heavy atom. The zero-order chi connectivity index (χ0) is 9.40. The number of hydrogen-bond donors (Lipinski definition) is 2. The topological polar surface area (TPSA) is 69.1 Å². The second-order valence-corrected chi connectivity index (χ2v) is 2.33. The minimum absolute atomic E-state index is 0.250. The molecule has 1 rings (SSSR count). The Kier molecular flexibility index (Phi) is 5.65. The van der Waals surface area contributed by atoms with Gasteiger partial charge in [0.15, 0.2) is 0 Å². The maximum absolute atomic E-state index is 8.58. The molecule has 0 bridgehead atoms. The molecular weight excluding hydrogens is 152 g/mol. The summed E-state index contributed by atoms with van der Waals surface area (Å²) in [5.74, 6) is 0. The molecule has 0 aliphatic rings. The first-order chi connectivity index (χ1) is 5.74. The molecule has 3 heteroatoms. The highest BCUT2D eigenvalue weighted by molar-refractivity contribution is 5.42. The fourth-order valence-electron chi connectivity index (χ4n) is 0.724. The lowest BCUT2D eigenvalue weighted by Gasteiger charge is -1.94. The molecule has 1 aromatic carbocycles. The van der Waals surface area contributed by atoms with Gasteiger partial charge in [-0.15, -0.1) is 0 Å². The van der Waals surface area contributed by atoms with Gasteiger partial charge in [-0.2, -0.15) is 0 Å². The van der Waals surface area contributed by atoms with E-state index in [0.717, 1.165) is 0 Å². The zero-order valence-corrected chi connectivity index (χ0v) is 7.16. The molecule has 0 spiro atoms. The van der Waals surface area contributed by atoms with E-state index in [1.165, 1.54) is 11.1 Å². The number of carbonyl (C=O) groups excluding carboxylic acids is 1. The Hall–Kier alpha value is -1.35. The number of amides is 1. The molecule has 66 valence electrons. The number of benzene rings is 1. The number of rotatable bonds is 1. The van der Waals surface area contributed by atoms with Gasteiger partial charge in [0, 0.05) is 6.54 Å². The molecule has 0 aliphatic carbocycles. The molecule has 12 heavy (non-hydrogen) atoms. The van der Waals surface area contributed by atoms with Crippen molar-refractivity contribution in [2.75, 3.05) is 0 Å². The Bertz CT molecular complexity index is 218. The van der Waals surface area contributed by atoms with E-state index >= 15 is 0 Å². The average molecular weight is 166 g/mol. The lowest BCUT2D eigenvalue weighted by Crippen LogP contribution is -1.94. The standard InChI is InChI=1S/C8H11N.CH3NO/c1-7-2-4-8(6-9)5-3-7;2-1-3/h2-5H,6,9H2,1H3;1H,(H2,2,3). The van der Waals surface area contributed by atoms with Crippen LogP contribution in [0.15, 0.2) is 24.3 Å². The van der Waals surface area contributed by atoms with E-state index in [1.807, 2.05) is 0 Å². The van der Waals surface area contributed by atoms with Crippen LogP contribution in [-0.2, 0) is 11.3 Å². The third-order valence-corrected chi connectivity index (χ3v) is 1.36. The summed E-state index contributed by atoms with van der Waals surface area (Å²) in [5, 5.41) is 0. The van der Waals surface area contributed by atoms with Crippen molar-refractivity contribution in [3.8, 4) is 0 Å². The molecule has 0 aromatic heterocycles. The molecule has 1 aromatic rings. The summed E-state index contributed by atoms with van der Waals surface area (Å²) >= 11 is 0. The summed E-state index contributed by atoms with van der Waals surface area (Å²) in [6.45, 7) is 2.71. The largest absolute Gasteiger partial charge is 0.372 e. The first-order valence-electron chi connectivity index (χ1n) is 3.65. The van der Waals surface area contributed by atoms with Gasteiger partial charge in [0.25, 0.3) is 0 Å². The van der Waals surface area contributed by atoms with Crippen LogP contribution >= 0.6 is 0 Å². The maximum Gasteiger partial charge on any atom is 0.204 e. The van der Waals surface area contributed by atoms with Crippen LogP contribution in [0.4, 0.5) is 0 Å². The number of nitrogens with two attached hydrogens (primary N) is 2. The lowest BCUT2D eigenvalue weighted by molar-refractivity contribution is -0.106. The van der Waals surface area contributed by atoms with Crippen LogP contribution in [0.2, 0.25) is 0 Å². The molecule has 0 saturated carbocycles. The minimum atomic E-state index is 0.250. The number of carbonyl (C=O) groups is 1. The van der Waals surface area contributed by atoms with E-state index in [2.05, 4.69) is 36.9 Å². The van der Waals surface area contributed by atoms with Crippen molar-refractivity contribution in [3.05, 3.63) is 35.4 Å². The van der Waals surface area contributed by atoms with Gasteiger partial charge in [0.05, 0.1) is 0 Å². The first kappa shape index (κ1) is 10.7. The molecule has 0 heterocycles. The quantitative estimate of drug-likeness (QED) is 0.598. The predicted molar refractivity (Wildman–Crippen MR) is 49.3 cm³/mol. The molecule has 1 amide bonds. The van der Waals surface area contributed by atoms with Crippen LogP contribution in [0.5, 0.6) is 0 Å². The summed E-state index contributed by atoms with van der Waals surface area (Å²) in [6.07, 6.45) is 0.250. The van der Waals surface area contributed by atoms with Crippen molar-refractivity contribution >= 4 is 6.41 Å². The third kappa shape index (κ3) is 4.46. The molecule has 0 aliphatic heterocycles. The van der Waals surface area contributed by atoms with Gasteiger partial charge in [-0.05, 0) is 12.5 Å². The highest BCUT2D eigenvalue weighted by Crippen LogP contribution is 2.00. The SMILES string of the molecule is Cc1ccc(CN)cc1.NC=O. The molecule has 0 unspecified atom stereocenters. The smallest absolute Gasteiger partial charge is 0.204 e. The minimum Gasteiger partial charge on any atom is -0.372 e. The highest BCUT2D eigenvalue weighted by atomic mass is 16.1. The second kappa shape index (κ2) is 6.37. The summed E-state index contributed by atoms with van der Waals surface area (Å²) in [6, 6.07) is 8.25. The Balaban J connectivity index is 0.000000354. The molecule has 4 N–H and O–H groups in total. The Labute approximate surface area is 72.4 Å². The molecule has 0 radical (unpaired) electrons. The Morgan fingerprint density at radius 3 is 2.08 bits per heavy atom. The van der Waals surface area contributed by atoms with E-state index in [0.29, 0.717) is 6.54 Å². The number of hydrogen-bond acceptors (Lipinski definition) is 2. The molecule has 0 saturated heterocycles. The summed E-state index contributed by atoms with van der Waals surface area (Å²) < 4.78 is 0. The Morgan fingerprint density at radius 1 is 1.33 bits per heavy atom. The van der Waals surface area contributed by atoms with Crippen molar-refractivity contribution in [3.63, 3.8) is 0 Å². The summed E-state index contributed by atoms with van der Waals surface area (Å²) in [5.41, 5.74) is 12.0. The van der Waals surface area contributed by atoms with Gasteiger partial charge in [0.1, 0.15) is 0 Å². The molecule has 0 atom stereocenters. The fraction of sp³-hybridized carbons (Fsp3) is 0.222. The van der Waals surface area contributed by atoms with E-state index in [1.54, 1.807) is 0 Å². The van der Waals surface area contributed by atoms with Gasteiger partial charge in [-0.1, -0.05) is 29.8 Å². The van der Waals surface area contributed by atoms with Gasteiger partial charge in [0.2, 0.25) is 6.41 Å². The lowest BCUT2D eigenvalue weighted by atomic mass is 10.2. The molecule has 3 nitrogen and oxygen atoms in total. The summed E-state index contributed by atoms with van der Waals surface area (Å²) in [7, 11) is 0. The summed E-state index contributed by atoms with van der Waals surface area (Å²) in [4.78, 5) is 8.58. The number of primary amides is 1. The fourth-order valence-corrected chi connectivity index (χ4v) is 0.724. The van der Waals surface area contributed by atoms with Gasteiger partial charge in [-0.3, -0.25) is 4.79 Å². The van der Waals surface area contributed by atoms with Gasteiger partial charge >= 0.3 is 0 Å². The van der Waals surface area contributed by atoms with Gasteiger partial charge in [-0.25, -0.2) is 0 Å². The number of aryl methyl sites for hydroxylation is 1. The second-order valence-electron chi connectivity index (χ2n) is 2.33. The van der Waals surface area contributed by atoms with Crippen LogP contribution in [0.1, 0.15) is 11.1 Å². The van der Waals surface area contributed by atoms with Crippen molar-refractivity contribution < 1.29 is 4.79 Å². The molecular formula is C9H14N2O. The van der Waals surface area contributed by atoms with E-state index in [9.17, 15) is 0 Å². The van der Waals surface area contributed by atoms with Crippen LogP contribution in [0, 0.1) is 6.92 Å². The van der Waals surface area contributed by atoms with Crippen molar-refractivity contribution in [1.82, 2.24) is 0 Å². The van der Waals surface area contributed by atoms with Crippen molar-refractivity contribution in [2.24, 2.45) is 11.5 Å². The van der Waals surface area contributed by atoms with Crippen molar-refractivity contribution in [2.45, 2.75) is 13.5 Å². The van der Waals surface area contributed by atoms with E-state index in [4.69, 9.17) is 10.5 Å². The van der Waals surface area contributed by atoms with Crippen LogP contribution in [0.25, 0.3) is 0 Å². The first-order valence-corrected chi connectivity index (χ1v) is 3.65. The van der Waals surface area contributed by atoms with Crippen LogP contribution in [0.3, 0.4) is 0 Å².